The Hall–Kier alpha value is 0.688. The van der Waals surface area contributed by atoms with Crippen LogP contribution < -0.4 is 0 Å². The first-order valence-electron chi connectivity index (χ1n) is 2.99. The van der Waals surface area contributed by atoms with Crippen molar-refractivity contribution in [3.63, 3.8) is 0 Å². The molecule has 0 aromatic heterocycles. The van der Waals surface area contributed by atoms with Crippen LogP contribution in [0, 0.1) is 0 Å². The standard InChI is InChI=1S/3C2H5.W/c3*1-2;/h3*1H2,2H3;. The molecule has 0 rings (SSSR count). The molecular formula is C6H15W. The molecule has 0 aliphatic carbocycles. The third-order valence-corrected chi connectivity index (χ3v) is 10.0. The van der Waals surface area contributed by atoms with Gasteiger partial charge in [0.05, 0.1) is 0 Å². The summed E-state index contributed by atoms with van der Waals surface area (Å²) in [6.07, 6.45) is 0. The zero-order valence-corrected chi connectivity index (χ0v) is 8.46. The first kappa shape index (κ1) is 7.69. The second-order valence-electron chi connectivity index (χ2n) is 1.48. The van der Waals surface area contributed by atoms with Crippen LogP contribution >= 0.6 is 0 Å². The molecule has 0 amide bonds. The molecule has 0 nitrogen and oxygen atoms in total. The van der Waals surface area contributed by atoms with E-state index in [9.17, 15) is 0 Å². The van der Waals surface area contributed by atoms with Gasteiger partial charge >= 0.3 is 52.5 Å². The van der Waals surface area contributed by atoms with Crippen molar-refractivity contribution in [2.24, 2.45) is 0 Å². The van der Waals surface area contributed by atoms with Gasteiger partial charge in [0.1, 0.15) is 0 Å². The molecule has 0 unspecified atom stereocenters. The Morgan fingerprint density at radius 3 is 1.14 bits per heavy atom. The van der Waals surface area contributed by atoms with Crippen LogP contribution in [0.3, 0.4) is 0 Å². The Morgan fingerprint density at radius 1 is 0.857 bits per heavy atom. The van der Waals surface area contributed by atoms with Gasteiger partial charge in [0.2, 0.25) is 0 Å². The van der Waals surface area contributed by atoms with Crippen molar-refractivity contribution in [3.05, 3.63) is 0 Å². The minimum atomic E-state index is -0.634. The first-order valence-corrected chi connectivity index (χ1v) is 9.21. The van der Waals surface area contributed by atoms with Crippen molar-refractivity contribution in [2.75, 3.05) is 0 Å². The molecule has 0 saturated heterocycles. The Labute approximate surface area is 52.9 Å². The zero-order chi connectivity index (χ0) is 5.70. The van der Waals surface area contributed by atoms with Crippen molar-refractivity contribution in [1.29, 1.82) is 0 Å². The van der Waals surface area contributed by atoms with Crippen molar-refractivity contribution >= 4 is 0 Å². The van der Waals surface area contributed by atoms with Gasteiger partial charge in [-0.25, -0.2) is 0 Å². The quantitative estimate of drug-likeness (QED) is 0.740. The number of hydrogen-bond acceptors (Lipinski definition) is 0. The average molecular weight is 271 g/mol. The second-order valence-corrected chi connectivity index (χ2v) is 12.1. The van der Waals surface area contributed by atoms with Gasteiger partial charge in [0.25, 0.3) is 0 Å². The van der Waals surface area contributed by atoms with E-state index in [0.717, 1.165) is 0 Å². The first-order chi connectivity index (χ1) is 3.35. The fourth-order valence-electron chi connectivity index (χ4n) is 0.612. The van der Waals surface area contributed by atoms with Gasteiger partial charge in [0.15, 0.2) is 0 Å². The average Bonchev–Trinajstić information content (AvgIpc) is 1.72. The second kappa shape index (κ2) is 4.84. The molecule has 0 aliphatic heterocycles. The third kappa shape index (κ3) is 3.29. The molecule has 45 valence electrons. The van der Waals surface area contributed by atoms with Gasteiger partial charge < -0.3 is 0 Å². The molecular weight excluding hydrogens is 256 g/mol. The summed E-state index contributed by atoms with van der Waals surface area (Å²) >= 11 is -0.634. The normalized spacial score (nSPS) is 10.3. The van der Waals surface area contributed by atoms with E-state index < -0.39 is 17.3 Å². The van der Waals surface area contributed by atoms with E-state index in [1.165, 1.54) is 0 Å². The summed E-state index contributed by atoms with van der Waals surface area (Å²) in [5.74, 6) is 0. The monoisotopic (exact) mass is 271 g/mol. The van der Waals surface area contributed by atoms with Gasteiger partial charge in [-0.05, 0) is 0 Å². The van der Waals surface area contributed by atoms with Crippen LogP contribution in [-0.2, 0) is 17.3 Å². The Balaban J connectivity index is 2.99. The molecule has 0 bridgehead atoms. The van der Waals surface area contributed by atoms with Crippen LogP contribution in [-0.4, -0.2) is 0 Å². The van der Waals surface area contributed by atoms with Crippen LogP contribution in [0.4, 0.5) is 0 Å². The maximum atomic E-state index is 2.35. The van der Waals surface area contributed by atoms with E-state index in [0.29, 0.717) is 0 Å². The summed E-state index contributed by atoms with van der Waals surface area (Å²) in [7, 11) is 0. The molecule has 0 aromatic carbocycles. The number of hydrogen-bond donors (Lipinski definition) is 0. The minimum absolute atomic E-state index is 0.634. The maximum absolute atomic E-state index is 2.35. The van der Waals surface area contributed by atoms with E-state index in [4.69, 9.17) is 0 Å². The molecule has 0 fully saturated rings. The van der Waals surface area contributed by atoms with E-state index in [1.807, 2.05) is 0 Å². The molecule has 0 N–H and O–H groups in total. The van der Waals surface area contributed by atoms with Gasteiger partial charge in [-0.3, -0.25) is 0 Å². The summed E-state index contributed by atoms with van der Waals surface area (Å²) < 4.78 is 0. The van der Waals surface area contributed by atoms with Gasteiger partial charge in [-0.1, -0.05) is 0 Å². The van der Waals surface area contributed by atoms with Crippen LogP contribution in [0.1, 0.15) is 20.8 Å². The molecule has 0 radical (unpaired) electrons. The van der Waals surface area contributed by atoms with Crippen LogP contribution in [0.25, 0.3) is 0 Å². The molecule has 0 atom stereocenters. The molecule has 0 spiro atoms. The molecule has 1 heteroatoms. The topological polar surface area (TPSA) is 0 Å². The summed E-state index contributed by atoms with van der Waals surface area (Å²) in [5.41, 5.74) is 0. The summed E-state index contributed by atoms with van der Waals surface area (Å²) in [5, 5.41) is 0. The van der Waals surface area contributed by atoms with E-state index >= 15 is 0 Å². The zero-order valence-electron chi connectivity index (χ0n) is 5.53. The SMILES string of the molecule is C[CH2][W]([CH2]C)[CH2]C. The van der Waals surface area contributed by atoms with E-state index in [2.05, 4.69) is 20.8 Å². The van der Waals surface area contributed by atoms with Crippen LogP contribution in [0.15, 0.2) is 0 Å². The Bertz CT molecular complexity index is 25.7. The van der Waals surface area contributed by atoms with Crippen LogP contribution in [0.2, 0.25) is 14.4 Å². The molecule has 7 heavy (non-hydrogen) atoms. The van der Waals surface area contributed by atoms with E-state index in [1.54, 1.807) is 14.4 Å². The summed E-state index contributed by atoms with van der Waals surface area (Å²) in [6.45, 7) is 7.04. The predicted octanol–water partition coefficient (Wildman–Crippen LogP) is 2.92. The summed E-state index contributed by atoms with van der Waals surface area (Å²) in [4.78, 5) is 4.65. The predicted molar refractivity (Wildman–Crippen MR) is 31.4 cm³/mol. The molecule has 0 aromatic rings. The van der Waals surface area contributed by atoms with E-state index in [-0.39, 0.29) is 0 Å². The van der Waals surface area contributed by atoms with Crippen molar-refractivity contribution in [3.8, 4) is 0 Å². The number of rotatable bonds is 3. The molecule has 0 saturated carbocycles. The van der Waals surface area contributed by atoms with Gasteiger partial charge in [-0.15, -0.1) is 0 Å². The van der Waals surface area contributed by atoms with Crippen LogP contribution in [0.5, 0.6) is 0 Å². The Morgan fingerprint density at radius 2 is 1.14 bits per heavy atom. The van der Waals surface area contributed by atoms with Gasteiger partial charge in [0, 0.05) is 0 Å². The Kier molecular flexibility index (Phi) is 5.31. The van der Waals surface area contributed by atoms with Gasteiger partial charge in [-0.2, -0.15) is 0 Å². The molecule has 0 aliphatic rings. The fourth-order valence-corrected chi connectivity index (χ4v) is 5.01. The van der Waals surface area contributed by atoms with Crippen molar-refractivity contribution in [2.45, 2.75) is 35.2 Å². The summed E-state index contributed by atoms with van der Waals surface area (Å²) in [6, 6.07) is 0. The van der Waals surface area contributed by atoms with Crippen molar-refractivity contribution < 1.29 is 17.3 Å². The third-order valence-electron chi connectivity index (χ3n) is 1.22. The fraction of sp³-hybridized carbons (Fsp3) is 1.00. The van der Waals surface area contributed by atoms with Crippen molar-refractivity contribution in [1.82, 2.24) is 0 Å². The molecule has 0 heterocycles.